The Balaban J connectivity index is 2.59. The summed E-state index contributed by atoms with van der Waals surface area (Å²) in [7, 11) is 0. The quantitative estimate of drug-likeness (QED) is 0.662. The molecule has 2 N–H and O–H groups in total. The van der Waals surface area contributed by atoms with E-state index in [2.05, 4.69) is 10.6 Å². The fourth-order valence-corrected chi connectivity index (χ4v) is 1.76. The van der Waals surface area contributed by atoms with Crippen LogP contribution in [0.15, 0.2) is 12.1 Å². The SMILES string of the molecule is Cc1ccc(F)c2c1NC(C)(C)C(=S)N2. The molecule has 0 saturated heterocycles. The van der Waals surface area contributed by atoms with E-state index in [9.17, 15) is 4.39 Å². The highest BCUT2D eigenvalue weighted by atomic mass is 32.1. The first-order valence-corrected chi connectivity index (χ1v) is 5.21. The van der Waals surface area contributed by atoms with Crippen LogP contribution in [-0.4, -0.2) is 10.5 Å². The lowest BCUT2D eigenvalue weighted by Crippen LogP contribution is -2.46. The van der Waals surface area contributed by atoms with Crippen molar-refractivity contribution in [1.82, 2.24) is 0 Å². The Kier molecular flexibility index (Phi) is 2.19. The van der Waals surface area contributed by atoms with Crippen LogP contribution in [0.1, 0.15) is 19.4 Å². The van der Waals surface area contributed by atoms with Gasteiger partial charge >= 0.3 is 0 Å². The number of rotatable bonds is 0. The van der Waals surface area contributed by atoms with Crippen molar-refractivity contribution >= 4 is 28.6 Å². The third-order valence-corrected chi connectivity index (χ3v) is 3.22. The van der Waals surface area contributed by atoms with Crippen LogP contribution in [-0.2, 0) is 0 Å². The Labute approximate surface area is 93.9 Å². The molecular formula is C11H13FN2S. The fraction of sp³-hybridized carbons (Fsp3) is 0.364. The van der Waals surface area contributed by atoms with E-state index in [1.807, 2.05) is 20.8 Å². The highest BCUT2D eigenvalue weighted by Crippen LogP contribution is 2.35. The first kappa shape index (κ1) is 10.4. The third kappa shape index (κ3) is 1.59. The first-order valence-electron chi connectivity index (χ1n) is 4.80. The Morgan fingerprint density at radius 1 is 1.27 bits per heavy atom. The summed E-state index contributed by atoms with van der Waals surface area (Å²) in [6.07, 6.45) is 0. The lowest BCUT2D eigenvalue weighted by atomic mass is 9.99. The monoisotopic (exact) mass is 224 g/mol. The van der Waals surface area contributed by atoms with Gasteiger partial charge in [-0.3, -0.25) is 0 Å². The zero-order valence-corrected chi connectivity index (χ0v) is 9.76. The van der Waals surface area contributed by atoms with Gasteiger partial charge in [0.15, 0.2) is 0 Å². The third-order valence-electron chi connectivity index (χ3n) is 2.61. The predicted molar refractivity (Wildman–Crippen MR) is 65.1 cm³/mol. The van der Waals surface area contributed by atoms with Crippen LogP contribution in [0.3, 0.4) is 0 Å². The smallest absolute Gasteiger partial charge is 0.148 e. The molecule has 0 saturated carbocycles. The molecule has 0 aromatic heterocycles. The van der Waals surface area contributed by atoms with E-state index in [0.717, 1.165) is 11.3 Å². The molecule has 1 aliphatic rings. The van der Waals surface area contributed by atoms with E-state index < -0.39 is 0 Å². The minimum Gasteiger partial charge on any atom is -0.372 e. The summed E-state index contributed by atoms with van der Waals surface area (Å²) in [4.78, 5) is 0.611. The normalized spacial score (nSPS) is 17.7. The summed E-state index contributed by atoms with van der Waals surface area (Å²) in [5, 5.41) is 6.20. The molecule has 4 heteroatoms. The molecule has 1 aliphatic heterocycles. The molecule has 0 radical (unpaired) electrons. The number of nitrogens with one attached hydrogen (secondary N) is 2. The fourth-order valence-electron chi connectivity index (χ4n) is 1.60. The van der Waals surface area contributed by atoms with Gasteiger partial charge in [0.1, 0.15) is 10.8 Å². The van der Waals surface area contributed by atoms with Crippen LogP contribution >= 0.6 is 12.2 Å². The van der Waals surface area contributed by atoms with Gasteiger partial charge in [0.2, 0.25) is 0 Å². The molecule has 15 heavy (non-hydrogen) atoms. The van der Waals surface area contributed by atoms with Gasteiger partial charge in [-0.15, -0.1) is 0 Å². The molecule has 1 aromatic rings. The summed E-state index contributed by atoms with van der Waals surface area (Å²) in [6.45, 7) is 5.88. The standard InChI is InChI=1S/C11H13FN2S/c1-6-4-5-7(12)9-8(6)14-11(2,3)10(15)13-9/h4-5,14H,1-3H3,(H,13,15). The molecule has 1 heterocycles. The van der Waals surface area contributed by atoms with Crippen molar-refractivity contribution in [2.45, 2.75) is 26.3 Å². The summed E-state index contributed by atoms with van der Waals surface area (Å²) in [5.74, 6) is -0.277. The maximum atomic E-state index is 13.5. The van der Waals surface area contributed by atoms with Crippen LogP contribution in [0.4, 0.5) is 15.8 Å². The summed E-state index contributed by atoms with van der Waals surface area (Å²) in [5.41, 5.74) is 1.93. The molecule has 80 valence electrons. The van der Waals surface area contributed by atoms with Crippen molar-refractivity contribution in [3.05, 3.63) is 23.5 Å². The van der Waals surface area contributed by atoms with Gasteiger partial charge in [0.25, 0.3) is 0 Å². The molecule has 2 nitrogen and oxygen atoms in total. The van der Waals surface area contributed by atoms with E-state index in [1.165, 1.54) is 6.07 Å². The van der Waals surface area contributed by atoms with Crippen LogP contribution in [0.5, 0.6) is 0 Å². The van der Waals surface area contributed by atoms with Gasteiger partial charge in [-0.05, 0) is 32.4 Å². The van der Waals surface area contributed by atoms with Gasteiger partial charge in [0, 0.05) is 0 Å². The van der Waals surface area contributed by atoms with Crippen molar-refractivity contribution in [3.8, 4) is 0 Å². The van der Waals surface area contributed by atoms with Gasteiger partial charge < -0.3 is 10.6 Å². The van der Waals surface area contributed by atoms with Crippen molar-refractivity contribution < 1.29 is 4.39 Å². The predicted octanol–water partition coefficient (Wildman–Crippen LogP) is 3.08. The van der Waals surface area contributed by atoms with Crippen LogP contribution in [0.2, 0.25) is 0 Å². The van der Waals surface area contributed by atoms with Crippen LogP contribution in [0.25, 0.3) is 0 Å². The minimum atomic E-state index is -0.332. The molecule has 0 amide bonds. The number of thiocarbonyl (C=S) groups is 1. The lowest BCUT2D eigenvalue weighted by molar-refractivity contribution is 0.629. The number of fused-ring (bicyclic) bond motifs is 1. The Morgan fingerprint density at radius 3 is 2.60 bits per heavy atom. The number of benzene rings is 1. The van der Waals surface area contributed by atoms with Crippen molar-refractivity contribution in [3.63, 3.8) is 0 Å². The number of hydrogen-bond donors (Lipinski definition) is 2. The van der Waals surface area contributed by atoms with E-state index in [0.29, 0.717) is 10.7 Å². The van der Waals surface area contributed by atoms with E-state index in [-0.39, 0.29) is 11.4 Å². The van der Waals surface area contributed by atoms with Crippen molar-refractivity contribution in [2.75, 3.05) is 10.6 Å². The molecule has 0 bridgehead atoms. The first-order chi connectivity index (χ1) is 6.92. The highest BCUT2D eigenvalue weighted by molar-refractivity contribution is 7.80. The van der Waals surface area contributed by atoms with Crippen molar-refractivity contribution in [1.29, 1.82) is 0 Å². The minimum absolute atomic E-state index is 0.277. The van der Waals surface area contributed by atoms with Crippen LogP contribution < -0.4 is 10.6 Å². The number of halogens is 1. The molecule has 2 rings (SSSR count). The second-order valence-corrected chi connectivity index (χ2v) is 4.73. The van der Waals surface area contributed by atoms with E-state index in [4.69, 9.17) is 12.2 Å². The topological polar surface area (TPSA) is 24.1 Å². The van der Waals surface area contributed by atoms with E-state index >= 15 is 0 Å². The second kappa shape index (κ2) is 3.17. The maximum Gasteiger partial charge on any atom is 0.148 e. The molecule has 0 unspecified atom stereocenters. The molecule has 0 spiro atoms. The number of hydrogen-bond acceptors (Lipinski definition) is 2. The molecule has 0 fully saturated rings. The summed E-state index contributed by atoms with van der Waals surface area (Å²) >= 11 is 5.18. The van der Waals surface area contributed by atoms with Crippen LogP contribution in [0, 0.1) is 12.7 Å². The molecule has 0 atom stereocenters. The number of aryl methyl sites for hydroxylation is 1. The molecular weight excluding hydrogens is 211 g/mol. The largest absolute Gasteiger partial charge is 0.372 e. The molecule has 0 aliphatic carbocycles. The highest BCUT2D eigenvalue weighted by Gasteiger charge is 2.31. The summed E-state index contributed by atoms with van der Waals surface area (Å²) < 4.78 is 13.5. The van der Waals surface area contributed by atoms with Gasteiger partial charge in [-0.25, -0.2) is 4.39 Å². The Morgan fingerprint density at radius 2 is 1.93 bits per heavy atom. The molecule has 1 aromatic carbocycles. The Hall–Kier alpha value is -1.16. The van der Waals surface area contributed by atoms with Gasteiger partial charge in [0.05, 0.1) is 16.9 Å². The Bertz CT molecular complexity index is 440. The lowest BCUT2D eigenvalue weighted by Gasteiger charge is -2.36. The average molecular weight is 224 g/mol. The maximum absolute atomic E-state index is 13.5. The number of anilines is 2. The zero-order chi connectivity index (χ0) is 11.2. The van der Waals surface area contributed by atoms with Gasteiger partial charge in [-0.2, -0.15) is 0 Å². The average Bonchev–Trinajstić information content (AvgIpc) is 2.15. The van der Waals surface area contributed by atoms with Crippen molar-refractivity contribution in [2.24, 2.45) is 0 Å². The van der Waals surface area contributed by atoms with Gasteiger partial charge in [-0.1, -0.05) is 18.3 Å². The summed E-state index contributed by atoms with van der Waals surface area (Å²) in [6, 6.07) is 3.21. The van der Waals surface area contributed by atoms with E-state index in [1.54, 1.807) is 6.07 Å². The zero-order valence-electron chi connectivity index (χ0n) is 8.94. The second-order valence-electron chi connectivity index (χ2n) is 4.32.